The average Bonchev–Trinajstić information content (AvgIpc) is 2.89. The summed E-state index contributed by atoms with van der Waals surface area (Å²) < 4.78 is 11.3. The molecule has 1 aromatic rings. The lowest BCUT2D eigenvalue weighted by atomic mass is 9.96. The van der Waals surface area contributed by atoms with Gasteiger partial charge in [0.1, 0.15) is 11.5 Å². The van der Waals surface area contributed by atoms with Gasteiger partial charge in [-0.15, -0.1) is 0 Å². The molecule has 2 atom stereocenters. The van der Waals surface area contributed by atoms with E-state index < -0.39 is 0 Å². The van der Waals surface area contributed by atoms with Crippen molar-refractivity contribution in [1.82, 2.24) is 10.5 Å². The molecule has 2 aliphatic rings. The summed E-state index contributed by atoms with van der Waals surface area (Å²) in [7, 11) is 0. The molecular weight excluding hydrogens is 240 g/mol. The minimum absolute atomic E-state index is 0.358. The van der Waals surface area contributed by atoms with Gasteiger partial charge < -0.3 is 14.6 Å². The zero-order valence-electron chi connectivity index (χ0n) is 11.8. The first-order valence-electron chi connectivity index (χ1n) is 7.66. The molecule has 1 aromatic heterocycles. The number of ether oxygens (including phenoxy) is 1. The molecule has 0 bridgehead atoms. The molecule has 1 aliphatic heterocycles. The Labute approximate surface area is 114 Å². The van der Waals surface area contributed by atoms with Crippen molar-refractivity contribution in [1.29, 1.82) is 0 Å². The molecule has 0 unspecified atom stereocenters. The number of rotatable bonds is 4. The summed E-state index contributed by atoms with van der Waals surface area (Å²) in [6.07, 6.45) is 8.72. The number of aryl methyl sites for hydroxylation is 1. The quantitative estimate of drug-likeness (QED) is 0.908. The summed E-state index contributed by atoms with van der Waals surface area (Å²) in [5, 5.41) is 7.79. The number of aromatic nitrogens is 1. The van der Waals surface area contributed by atoms with Gasteiger partial charge in [-0.3, -0.25) is 0 Å². The van der Waals surface area contributed by atoms with Crippen molar-refractivity contribution in [2.75, 3.05) is 6.61 Å². The highest BCUT2D eigenvalue weighted by molar-refractivity contribution is 5.25. The van der Waals surface area contributed by atoms with Gasteiger partial charge in [-0.25, -0.2) is 0 Å². The van der Waals surface area contributed by atoms with Crippen LogP contribution in [0.15, 0.2) is 4.52 Å². The van der Waals surface area contributed by atoms with E-state index in [2.05, 4.69) is 17.4 Å². The van der Waals surface area contributed by atoms with E-state index in [-0.39, 0.29) is 0 Å². The third kappa shape index (κ3) is 3.00. The van der Waals surface area contributed by atoms with E-state index in [9.17, 15) is 0 Å². The Morgan fingerprint density at radius 2 is 2.16 bits per heavy atom. The maximum absolute atomic E-state index is 5.82. The van der Waals surface area contributed by atoms with Crippen LogP contribution in [0.3, 0.4) is 0 Å². The highest BCUT2D eigenvalue weighted by Crippen LogP contribution is 2.24. The molecule has 0 aromatic carbocycles. The van der Waals surface area contributed by atoms with Crippen molar-refractivity contribution < 1.29 is 9.26 Å². The molecular formula is C15H24N2O2. The van der Waals surface area contributed by atoms with Crippen molar-refractivity contribution in [3.8, 4) is 0 Å². The average molecular weight is 264 g/mol. The third-order valence-corrected chi connectivity index (χ3v) is 4.40. The highest BCUT2D eigenvalue weighted by Gasteiger charge is 2.23. The first-order valence-corrected chi connectivity index (χ1v) is 7.66. The van der Waals surface area contributed by atoms with Gasteiger partial charge in [0.15, 0.2) is 0 Å². The van der Waals surface area contributed by atoms with Crippen LogP contribution < -0.4 is 5.32 Å². The molecule has 4 nitrogen and oxygen atoms in total. The van der Waals surface area contributed by atoms with Crippen LogP contribution in [-0.2, 0) is 24.1 Å². The minimum atomic E-state index is 0.358. The van der Waals surface area contributed by atoms with Crippen LogP contribution >= 0.6 is 0 Å². The number of nitrogens with zero attached hydrogens (tertiary/aromatic N) is 1. The summed E-state index contributed by atoms with van der Waals surface area (Å²) in [4.78, 5) is 0. The molecule has 0 amide bonds. The second-order valence-electron chi connectivity index (χ2n) is 5.81. The van der Waals surface area contributed by atoms with Crippen LogP contribution in [0.2, 0.25) is 0 Å². The molecule has 2 heterocycles. The molecule has 3 rings (SSSR count). The minimum Gasteiger partial charge on any atom is -0.377 e. The maximum Gasteiger partial charge on any atom is 0.140 e. The van der Waals surface area contributed by atoms with Crippen LogP contribution in [0.1, 0.15) is 56.0 Å². The van der Waals surface area contributed by atoms with Gasteiger partial charge in [-0.05, 0) is 45.4 Å². The summed E-state index contributed by atoms with van der Waals surface area (Å²) in [6, 6.07) is 0.385. The Balaban J connectivity index is 1.55. The fraction of sp³-hybridized carbons (Fsp3) is 0.800. The number of fused-ring (bicyclic) bond motifs is 1. The van der Waals surface area contributed by atoms with Crippen molar-refractivity contribution >= 4 is 0 Å². The fourth-order valence-corrected chi connectivity index (χ4v) is 3.14. The second kappa shape index (κ2) is 6.06. The summed E-state index contributed by atoms with van der Waals surface area (Å²) in [5.74, 6) is 1.12. The molecule has 1 saturated heterocycles. The molecule has 1 fully saturated rings. The van der Waals surface area contributed by atoms with Crippen molar-refractivity contribution in [2.45, 2.75) is 70.6 Å². The Morgan fingerprint density at radius 1 is 1.26 bits per heavy atom. The van der Waals surface area contributed by atoms with Gasteiger partial charge in [-0.1, -0.05) is 5.16 Å². The summed E-state index contributed by atoms with van der Waals surface area (Å²) >= 11 is 0. The smallest absolute Gasteiger partial charge is 0.140 e. The van der Waals surface area contributed by atoms with Crippen LogP contribution in [0, 0.1) is 0 Å². The zero-order valence-corrected chi connectivity index (χ0v) is 11.8. The van der Waals surface area contributed by atoms with E-state index in [0.717, 1.165) is 37.4 Å². The van der Waals surface area contributed by atoms with Crippen LogP contribution in [0.4, 0.5) is 0 Å². The topological polar surface area (TPSA) is 47.3 Å². The molecule has 106 valence electrons. The fourth-order valence-electron chi connectivity index (χ4n) is 3.14. The van der Waals surface area contributed by atoms with Gasteiger partial charge in [0, 0.05) is 31.2 Å². The van der Waals surface area contributed by atoms with E-state index in [1.807, 2.05) is 0 Å². The van der Waals surface area contributed by atoms with Gasteiger partial charge in [-0.2, -0.15) is 0 Å². The molecule has 19 heavy (non-hydrogen) atoms. The molecule has 1 N–H and O–H groups in total. The van der Waals surface area contributed by atoms with Crippen molar-refractivity contribution in [3.05, 3.63) is 17.0 Å². The van der Waals surface area contributed by atoms with E-state index >= 15 is 0 Å². The second-order valence-corrected chi connectivity index (χ2v) is 5.81. The van der Waals surface area contributed by atoms with E-state index in [1.54, 1.807) is 0 Å². The van der Waals surface area contributed by atoms with Crippen LogP contribution in [0.5, 0.6) is 0 Å². The van der Waals surface area contributed by atoms with Crippen molar-refractivity contribution in [2.24, 2.45) is 0 Å². The predicted molar refractivity (Wildman–Crippen MR) is 73.0 cm³/mol. The van der Waals surface area contributed by atoms with Gasteiger partial charge >= 0.3 is 0 Å². The molecule has 0 saturated carbocycles. The maximum atomic E-state index is 5.82. The third-order valence-electron chi connectivity index (χ3n) is 4.40. The first kappa shape index (κ1) is 13.1. The first-order chi connectivity index (χ1) is 9.34. The Hall–Kier alpha value is -0.870. The number of nitrogens with one attached hydrogen (secondary N) is 1. The van der Waals surface area contributed by atoms with Gasteiger partial charge in [0.05, 0.1) is 6.10 Å². The van der Waals surface area contributed by atoms with Gasteiger partial charge in [0.2, 0.25) is 0 Å². The van der Waals surface area contributed by atoms with E-state index in [0.29, 0.717) is 12.1 Å². The Morgan fingerprint density at radius 3 is 3.00 bits per heavy atom. The van der Waals surface area contributed by atoms with E-state index in [4.69, 9.17) is 9.26 Å². The van der Waals surface area contributed by atoms with Crippen LogP contribution in [-0.4, -0.2) is 23.9 Å². The van der Waals surface area contributed by atoms with Gasteiger partial charge in [0.25, 0.3) is 0 Å². The van der Waals surface area contributed by atoms with Crippen molar-refractivity contribution in [3.63, 3.8) is 0 Å². The standard InChI is InChI=1S/C15H24N2O2/c1-11(14-7-4-5-9-18-14)16-10-13-12-6-2-3-8-15(12)19-17-13/h11,14,16H,2-10H2,1H3/t11-,14-/m1/s1. The monoisotopic (exact) mass is 264 g/mol. The number of hydrogen-bond acceptors (Lipinski definition) is 4. The molecule has 0 spiro atoms. The Bertz CT molecular complexity index is 410. The normalized spacial score (nSPS) is 25.0. The SMILES string of the molecule is C[C@@H](NCc1noc2c1CCCC2)[C@H]1CCCCO1. The Kier molecular flexibility index (Phi) is 4.18. The lowest BCUT2D eigenvalue weighted by Gasteiger charge is -2.28. The predicted octanol–water partition coefficient (Wildman–Crippen LogP) is 2.60. The lowest BCUT2D eigenvalue weighted by Crippen LogP contribution is -2.40. The lowest BCUT2D eigenvalue weighted by molar-refractivity contribution is -0.00409. The largest absolute Gasteiger partial charge is 0.377 e. The van der Waals surface area contributed by atoms with E-state index in [1.165, 1.54) is 37.7 Å². The zero-order chi connectivity index (χ0) is 13.1. The summed E-state index contributed by atoms with van der Waals surface area (Å²) in [5.41, 5.74) is 2.47. The molecule has 4 heteroatoms. The highest BCUT2D eigenvalue weighted by atomic mass is 16.5. The van der Waals surface area contributed by atoms with Crippen LogP contribution in [0.25, 0.3) is 0 Å². The molecule has 0 radical (unpaired) electrons. The number of hydrogen-bond donors (Lipinski definition) is 1. The summed E-state index contributed by atoms with van der Waals surface area (Å²) in [6.45, 7) is 3.93. The molecule has 1 aliphatic carbocycles.